The van der Waals surface area contributed by atoms with Gasteiger partial charge in [-0.3, -0.25) is 4.79 Å². The largest absolute Gasteiger partial charge is 0.463 e. The lowest BCUT2D eigenvalue weighted by Gasteiger charge is -1.97. The Hall–Kier alpha value is -2.80. The molecular formula is C16H12FN3O2S. The quantitative estimate of drug-likeness (QED) is 0.577. The van der Waals surface area contributed by atoms with Gasteiger partial charge in [0.1, 0.15) is 16.6 Å². The van der Waals surface area contributed by atoms with Crippen molar-refractivity contribution in [1.82, 2.24) is 10.4 Å². The van der Waals surface area contributed by atoms with Crippen molar-refractivity contribution in [1.29, 1.82) is 0 Å². The molecule has 0 bridgehead atoms. The standard InChI is InChI=1S/C16H12FN3O2S/c17-12-5-3-11(4-6-12)16-19-13(10-23-16)8-15(21)20-18-9-14-2-1-7-22-14/h1-7,9-10H,8H2,(H,20,21)/b18-9-. The van der Waals surface area contributed by atoms with Gasteiger partial charge in [-0.05, 0) is 36.4 Å². The van der Waals surface area contributed by atoms with Gasteiger partial charge in [-0.15, -0.1) is 11.3 Å². The number of halogens is 1. The second-order valence-corrected chi connectivity index (χ2v) is 5.49. The van der Waals surface area contributed by atoms with E-state index in [0.29, 0.717) is 11.5 Å². The Balaban J connectivity index is 1.58. The third-order valence-corrected chi connectivity index (χ3v) is 3.85. The summed E-state index contributed by atoms with van der Waals surface area (Å²) in [7, 11) is 0. The fourth-order valence-electron chi connectivity index (χ4n) is 1.85. The van der Waals surface area contributed by atoms with Crippen LogP contribution in [-0.2, 0) is 11.2 Å². The van der Waals surface area contributed by atoms with E-state index in [1.807, 2.05) is 0 Å². The summed E-state index contributed by atoms with van der Waals surface area (Å²) in [4.78, 5) is 16.2. The molecule has 0 aliphatic heterocycles. The van der Waals surface area contributed by atoms with E-state index in [0.717, 1.165) is 10.6 Å². The topological polar surface area (TPSA) is 67.5 Å². The molecule has 7 heteroatoms. The van der Waals surface area contributed by atoms with Gasteiger partial charge in [0.15, 0.2) is 0 Å². The molecule has 3 aromatic rings. The van der Waals surface area contributed by atoms with E-state index in [4.69, 9.17) is 4.42 Å². The van der Waals surface area contributed by atoms with Crippen molar-refractivity contribution in [2.45, 2.75) is 6.42 Å². The number of hydrogen-bond acceptors (Lipinski definition) is 5. The molecule has 1 amide bonds. The molecule has 5 nitrogen and oxygen atoms in total. The summed E-state index contributed by atoms with van der Waals surface area (Å²) in [5.74, 6) is -0.0133. The van der Waals surface area contributed by atoms with Crippen LogP contribution >= 0.6 is 11.3 Å². The first-order chi connectivity index (χ1) is 11.2. The van der Waals surface area contributed by atoms with Crippen molar-refractivity contribution in [2.24, 2.45) is 5.10 Å². The number of benzene rings is 1. The number of amides is 1. The molecule has 0 aliphatic rings. The number of nitrogens with zero attached hydrogens (tertiary/aromatic N) is 2. The first kappa shape index (κ1) is 15.1. The Morgan fingerprint density at radius 3 is 2.91 bits per heavy atom. The molecule has 1 N–H and O–H groups in total. The molecule has 116 valence electrons. The molecule has 0 atom stereocenters. The van der Waals surface area contributed by atoms with Crippen LogP contribution in [0.3, 0.4) is 0 Å². The Morgan fingerprint density at radius 1 is 1.35 bits per heavy atom. The van der Waals surface area contributed by atoms with Gasteiger partial charge < -0.3 is 4.42 Å². The Labute approximate surface area is 135 Å². The third-order valence-electron chi connectivity index (χ3n) is 2.91. The zero-order chi connectivity index (χ0) is 16.1. The number of hydrazone groups is 1. The van der Waals surface area contributed by atoms with Crippen LogP contribution in [0.1, 0.15) is 11.5 Å². The Bertz CT molecular complexity index is 810. The van der Waals surface area contributed by atoms with Gasteiger partial charge in [-0.1, -0.05) is 0 Å². The van der Waals surface area contributed by atoms with Gasteiger partial charge in [-0.2, -0.15) is 5.10 Å². The molecule has 0 saturated carbocycles. The monoisotopic (exact) mass is 329 g/mol. The van der Waals surface area contributed by atoms with Crippen LogP contribution in [-0.4, -0.2) is 17.1 Å². The minimum absolute atomic E-state index is 0.118. The number of hydrogen-bond donors (Lipinski definition) is 1. The average Bonchev–Trinajstić information content (AvgIpc) is 3.20. The number of aromatic nitrogens is 1. The lowest BCUT2D eigenvalue weighted by atomic mass is 10.2. The molecular weight excluding hydrogens is 317 g/mol. The molecule has 0 fully saturated rings. The highest BCUT2D eigenvalue weighted by atomic mass is 32.1. The SMILES string of the molecule is O=C(Cc1csc(-c2ccc(F)cc2)n1)N/N=C\c1ccco1. The van der Waals surface area contributed by atoms with Crippen LogP contribution in [0.5, 0.6) is 0 Å². The Kier molecular flexibility index (Phi) is 4.58. The first-order valence-corrected chi connectivity index (χ1v) is 7.64. The molecule has 1 aromatic carbocycles. The highest BCUT2D eigenvalue weighted by Crippen LogP contribution is 2.24. The fourth-order valence-corrected chi connectivity index (χ4v) is 2.68. The van der Waals surface area contributed by atoms with Gasteiger partial charge in [0.2, 0.25) is 5.91 Å². The molecule has 0 radical (unpaired) electrons. The smallest absolute Gasteiger partial charge is 0.246 e. The van der Waals surface area contributed by atoms with Crippen LogP contribution in [0.2, 0.25) is 0 Å². The Morgan fingerprint density at radius 2 is 2.17 bits per heavy atom. The fraction of sp³-hybridized carbons (Fsp3) is 0.0625. The number of rotatable bonds is 5. The zero-order valence-electron chi connectivity index (χ0n) is 11.9. The molecule has 2 aromatic heterocycles. The number of furan rings is 1. The van der Waals surface area contributed by atoms with Crippen molar-refractivity contribution in [3.8, 4) is 10.6 Å². The predicted molar refractivity (Wildman–Crippen MR) is 85.7 cm³/mol. The summed E-state index contributed by atoms with van der Waals surface area (Å²) >= 11 is 1.41. The summed E-state index contributed by atoms with van der Waals surface area (Å²) in [6.45, 7) is 0. The minimum Gasteiger partial charge on any atom is -0.463 e. The predicted octanol–water partition coefficient (Wildman–Crippen LogP) is 3.24. The molecule has 23 heavy (non-hydrogen) atoms. The second-order valence-electron chi connectivity index (χ2n) is 4.64. The van der Waals surface area contributed by atoms with Gasteiger partial charge in [-0.25, -0.2) is 14.8 Å². The summed E-state index contributed by atoms with van der Waals surface area (Å²) in [6.07, 6.45) is 3.06. The van der Waals surface area contributed by atoms with Crippen LogP contribution in [0.15, 0.2) is 57.6 Å². The third kappa shape index (κ3) is 4.10. The maximum Gasteiger partial charge on any atom is 0.246 e. The molecule has 0 aliphatic carbocycles. The van der Waals surface area contributed by atoms with Crippen molar-refractivity contribution in [3.63, 3.8) is 0 Å². The van der Waals surface area contributed by atoms with Crippen LogP contribution in [0.25, 0.3) is 10.6 Å². The molecule has 2 heterocycles. The van der Waals surface area contributed by atoms with Gasteiger partial charge >= 0.3 is 0 Å². The normalized spacial score (nSPS) is 11.0. The van der Waals surface area contributed by atoms with Gasteiger partial charge in [0.25, 0.3) is 0 Å². The lowest BCUT2D eigenvalue weighted by molar-refractivity contribution is -0.120. The lowest BCUT2D eigenvalue weighted by Crippen LogP contribution is -2.19. The van der Waals surface area contributed by atoms with E-state index in [-0.39, 0.29) is 18.1 Å². The van der Waals surface area contributed by atoms with Gasteiger partial charge in [0, 0.05) is 10.9 Å². The average molecular weight is 329 g/mol. The first-order valence-electron chi connectivity index (χ1n) is 6.76. The van der Waals surface area contributed by atoms with E-state index in [9.17, 15) is 9.18 Å². The zero-order valence-corrected chi connectivity index (χ0v) is 12.7. The molecule has 0 unspecified atom stereocenters. The summed E-state index contributed by atoms with van der Waals surface area (Å²) < 4.78 is 18.0. The van der Waals surface area contributed by atoms with Gasteiger partial charge in [0.05, 0.1) is 24.6 Å². The van der Waals surface area contributed by atoms with E-state index < -0.39 is 0 Å². The van der Waals surface area contributed by atoms with E-state index >= 15 is 0 Å². The van der Waals surface area contributed by atoms with Crippen LogP contribution < -0.4 is 5.43 Å². The van der Waals surface area contributed by atoms with Crippen LogP contribution in [0, 0.1) is 5.82 Å². The molecule has 3 rings (SSSR count). The summed E-state index contributed by atoms with van der Waals surface area (Å²) in [5.41, 5.74) is 3.87. The van der Waals surface area contributed by atoms with Crippen molar-refractivity contribution >= 4 is 23.5 Å². The summed E-state index contributed by atoms with van der Waals surface area (Å²) in [5, 5.41) is 6.34. The van der Waals surface area contributed by atoms with E-state index in [1.54, 1.807) is 29.6 Å². The van der Waals surface area contributed by atoms with Crippen molar-refractivity contribution < 1.29 is 13.6 Å². The van der Waals surface area contributed by atoms with Crippen LogP contribution in [0.4, 0.5) is 4.39 Å². The van der Waals surface area contributed by atoms with E-state index in [2.05, 4.69) is 15.5 Å². The molecule has 0 spiro atoms. The van der Waals surface area contributed by atoms with Crippen molar-refractivity contribution in [2.75, 3.05) is 0 Å². The number of thiazole rings is 1. The highest BCUT2D eigenvalue weighted by Gasteiger charge is 2.08. The minimum atomic E-state index is -0.292. The second kappa shape index (κ2) is 6.97. The number of nitrogens with one attached hydrogen (secondary N) is 1. The highest BCUT2D eigenvalue weighted by molar-refractivity contribution is 7.13. The number of carbonyl (C=O) groups is 1. The maximum atomic E-state index is 12.9. The van der Waals surface area contributed by atoms with E-state index in [1.165, 1.54) is 35.9 Å². The number of carbonyl (C=O) groups excluding carboxylic acids is 1. The molecule has 0 saturated heterocycles. The maximum absolute atomic E-state index is 12.9. The summed E-state index contributed by atoms with van der Waals surface area (Å²) in [6, 6.07) is 9.54. The van der Waals surface area contributed by atoms with Crippen molar-refractivity contribution in [3.05, 3.63) is 65.3 Å².